The van der Waals surface area contributed by atoms with Crippen molar-refractivity contribution in [1.29, 1.82) is 0 Å². The topological polar surface area (TPSA) is 12.0 Å². The molecule has 0 amide bonds. The van der Waals surface area contributed by atoms with Gasteiger partial charge < -0.3 is 5.32 Å². The second kappa shape index (κ2) is 6.76. The number of aryl methyl sites for hydroxylation is 2. The van der Waals surface area contributed by atoms with Crippen LogP contribution in [0.5, 0.6) is 0 Å². The average molecular weight is 273 g/mol. The lowest BCUT2D eigenvalue weighted by atomic mass is 9.59. The molecule has 1 aromatic rings. The molecule has 1 N–H and O–H groups in total. The van der Waals surface area contributed by atoms with E-state index in [1.807, 2.05) is 0 Å². The quantitative estimate of drug-likeness (QED) is 0.816. The Balaban J connectivity index is 2.46. The number of hydrogen-bond acceptors (Lipinski definition) is 1. The monoisotopic (exact) mass is 273 g/mol. The van der Waals surface area contributed by atoms with Crippen LogP contribution in [0.1, 0.15) is 62.1 Å². The van der Waals surface area contributed by atoms with E-state index in [1.54, 1.807) is 5.56 Å². The lowest BCUT2D eigenvalue weighted by Gasteiger charge is -2.46. The highest BCUT2D eigenvalue weighted by molar-refractivity contribution is 5.38. The molecule has 0 radical (unpaired) electrons. The standard InChI is InChI=1S/C19H31N/c1-5-17-8-6-7-11-19(17,12-13-20-4)18-14-15(2)9-10-16(18)3/h9-10,14,17,20H,5-8,11-13H2,1-4H3. The van der Waals surface area contributed by atoms with E-state index in [4.69, 9.17) is 0 Å². The van der Waals surface area contributed by atoms with E-state index in [-0.39, 0.29) is 0 Å². The van der Waals surface area contributed by atoms with Crippen molar-refractivity contribution in [2.45, 2.75) is 64.7 Å². The van der Waals surface area contributed by atoms with Crippen LogP contribution < -0.4 is 5.32 Å². The molecule has 2 rings (SSSR count). The zero-order valence-corrected chi connectivity index (χ0v) is 13.8. The SMILES string of the molecule is CCC1CCCCC1(CCNC)c1cc(C)ccc1C. The minimum absolute atomic E-state index is 0.409. The van der Waals surface area contributed by atoms with Gasteiger partial charge in [-0.2, -0.15) is 0 Å². The molecule has 0 aliphatic heterocycles. The molecular formula is C19H31N. The summed E-state index contributed by atoms with van der Waals surface area (Å²) >= 11 is 0. The van der Waals surface area contributed by atoms with E-state index in [1.165, 1.54) is 49.7 Å². The third kappa shape index (κ3) is 2.93. The van der Waals surface area contributed by atoms with E-state index in [2.05, 4.69) is 51.3 Å². The maximum Gasteiger partial charge on any atom is -0.000410 e. The normalized spacial score (nSPS) is 26.7. The fourth-order valence-corrected chi connectivity index (χ4v) is 4.35. The maximum atomic E-state index is 3.39. The summed E-state index contributed by atoms with van der Waals surface area (Å²) in [4.78, 5) is 0. The van der Waals surface area contributed by atoms with Crippen molar-refractivity contribution in [3.63, 3.8) is 0 Å². The lowest BCUT2D eigenvalue weighted by molar-refractivity contribution is 0.164. The second-order valence-electron chi connectivity index (χ2n) is 6.68. The van der Waals surface area contributed by atoms with Gasteiger partial charge in [-0.3, -0.25) is 0 Å². The lowest BCUT2D eigenvalue weighted by Crippen LogP contribution is -2.40. The van der Waals surface area contributed by atoms with Gasteiger partial charge in [-0.1, -0.05) is 49.9 Å². The van der Waals surface area contributed by atoms with Gasteiger partial charge in [0.25, 0.3) is 0 Å². The van der Waals surface area contributed by atoms with Crippen molar-refractivity contribution in [2.75, 3.05) is 13.6 Å². The van der Waals surface area contributed by atoms with Crippen LogP contribution in [0.4, 0.5) is 0 Å². The molecule has 1 aliphatic carbocycles. The summed E-state index contributed by atoms with van der Waals surface area (Å²) in [6, 6.07) is 7.06. The van der Waals surface area contributed by atoms with Gasteiger partial charge in [-0.15, -0.1) is 0 Å². The third-order valence-corrected chi connectivity index (χ3v) is 5.45. The summed E-state index contributed by atoms with van der Waals surface area (Å²) in [5, 5.41) is 3.39. The van der Waals surface area contributed by atoms with Crippen LogP contribution in [-0.4, -0.2) is 13.6 Å². The van der Waals surface area contributed by atoms with Crippen LogP contribution in [-0.2, 0) is 5.41 Å². The van der Waals surface area contributed by atoms with Crippen LogP contribution in [0.3, 0.4) is 0 Å². The number of hydrogen-bond donors (Lipinski definition) is 1. The number of nitrogens with one attached hydrogen (secondary N) is 1. The molecule has 20 heavy (non-hydrogen) atoms. The summed E-state index contributed by atoms with van der Waals surface area (Å²) in [5.74, 6) is 0.852. The molecule has 1 aliphatic rings. The molecule has 0 bridgehead atoms. The molecular weight excluding hydrogens is 242 g/mol. The fourth-order valence-electron chi connectivity index (χ4n) is 4.35. The van der Waals surface area contributed by atoms with Gasteiger partial charge >= 0.3 is 0 Å². The maximum absolute atomic E-state index is 3.39. The first-order valence-corrected chi connectivity index (χ1v) is 8.36. The molecule has 0 aromatic heterocycles. The van der Waals surface area contributed by atoms with E-state index in [0.717, 1.165) is 12.5 Å². The Labute approximate surface area is 125 Å². The summed E-state index contributed by atoms with van der Waals surface area (Å²) in [6.45, 7) is 8.05. The molecule has 0 heterocycles. The highest BCUT2D eigenvalue weighted by atomic mass is 14.8. The summed E-state index contributed by atoms with van der Waals surface area (Å²) in [6.07, 6.45) is 8.20. The molecule has 1 heteroatoms. The van der Waals surface area contributed by atoms with E-state index < -0.39 is 0 Å². The molecule has 2 unspecified atom stereocenters. The van der Waals surface area contributed by atoms with Crippen molar-refractivity contribution in [3.05, 3.63) is 34.9 Å². The van der Waals surface area contributed by atoms with Crippen LogP contribution in [0.2, 0.25) is 0 Å². The van der Waals surface area contributed by atoms with Gasteiger partial charge in [0.15, 0.2) is 0 Å². The van der Waals surface area contributed by atoms with Crippen molar-refractivity contribution >= 4 is 0 Å². The zero-order valence-electron chi connectivity index (χ0n) is 13.8. The number of rotatable bonds is 5. The fraction of sp³-hybridized carbons (Fsp3) is 0.684. The Morgan fingerprint density at radius 3 is 2.75 bits per heavy atom. The highest BCUT2D eigenvalue weighted by Gasteiger charge is 2.41. The van der Waals surface area contributed by atoms with Gasteiger partial charge in [0.1, 0.15) is 0 Å². The molecule has 2 atom stereocenters. The Kier molecular flexibility index (Phi) is 5.26. The van der Waals surface area contributed by atoms with Crippen molar-refractivity contribution in [1.82, 2.24) is 5.32 Å². The largest absolute Gasteiger partial charge is 0.320 e. The van der Waals surface area contributed by atoms with E-state index >= 15 is 0 Å². The van der Waals surface area contributed by atoms with E-state index in [9.17, 15) is 0 Å². The Bertz CT molecular complexity index is 437. The molecule has 1 fully saturated rings. The summed E-state index contributed by atoms with van der Waals surface area (Å²) in [7, 11) is 2.08. The van der Waals surface area contributed by atoms with Crippen LogP contribution >= 0.6 is 0 Å². The average Bonchev–Trinajstić information content (AvgIpc) is 2.47. The second-order valence-corrected chi connectivity index (χ2v) is 6.68. The first kappa shape index (κ1) is 15.6. The molecule has 1 aromatic carbocycles. The predicted octanol–water partition coefficient (Wildman–Crippen LogP) is 4.75. The molecule has 0 spiro atoms. The molecule has 1 nitrogen and oxygen atoms in total. The van der Waals surface area contributed by atoms with Crippen LogP contribution in [0, 0.1) is 19.8 Å². The van der Waals surface area contributed by atoms with Crippen molar-refractivity contribution < 1.29 is 0 Å². The van der Waals surface area contributed by atoms with Gasteiger partial charge in [-0.25, -0.2) is 0 Å². The summed E-state index contributed by atoms with van der Waals surface area (Å²) in [5.41, 5.74) is 4.95. The van der Waals surface area contributed by atoms with Gasteiger partial charge in [0, 0.05) is 0 Å². The Hall–Kier alpha value is -0.820. The van der Waals surface area contributed by atoms with Crippen LogP contribution in [0.25, 0.3) is 0 Å². The smallest absolute Gasteiger partial charge is 0.000410 e. The first-order valence-electron chi connectivity index (χ1n) is 8.36. The molecule has 1 saturated carbocycles. The Morgan fingerprint density at radius 2 is 2.05 bits per heavy atom. The zero-order chi connectivity index (χ0) is 14.6. The third-order valence-electron chi connectivity index (χ3n) is 5.45. The minimum Gasteiger partial charge on any atom is -0.320 e. The highest BCUT2D eigenvalue weighted by Crippen LogP contribution is 2.48. The first-order chi connectivity index (χ1) is 9.64. The molecule has 112 valence electrons. The van der Waals surface area contributed by atoms with Crippen LogP contribution in [0.15, 0.2) is 18.2 Å². The van der Waals surface area contributed by atoms with Gasteiger partial charge in [0.05, 0.1) is 0 Å². The van der Waals surface area contributed by atoms with Gasteiger partial charge in [-0.05, 0) is 69.2 Å². The predicted molar refractivity (Wildman–Crippen MR) is 88.4 cm³/mol. The van der Waals surface area contributed by atoms with Crippen molar-refractivity contribution in [3.8, 4) is 0 Å². The minimum atomic E-state index is 0.409. The molecule has 0 saturated heterocycles. The number of benzene rings is 1. The Morgan fingerprint density at radius 1 is 1.25 bits per heavy atom. The van der Waals surface area contributed by atoms with E-state index in [0.29, 0.717) is 5.41 Å². The van der Waals surface area contributed by atoms with Crippen molar-refractivity contribution in [2.24, 2.45) is 5.92 Å². The summed E-state index contributed by atoms with van der Waals surface area (Å²) < 4.78 is 0. The van der Waals surface area contributed by atoms with Gasteiger partial charge in [0.2, 0.25) is 0 Å².